The van der Waals surface area contributed by atoms with Crippen LogP contribution in [0.15, 0.2) is 18.2 Å². The Balaban J connectivity index is 3.07. The number of carbonyl (C=O) groups is 1. The average Bonchev–Trinajstić information content (AvgIpc) is 2.51. The lowest BCUT2D eigenvalue weighted by atomic mass is 9.97. The third-order valence-corrected chi connectivity index (χ3v) is 3.54. The molecule has 1 aromatic rings. The van der Waals surface area contributed by atoms with Crippen molar-refractivity contribution in [2.24, 2.45) is 0 Å². The van der Waals surface area contributed by atoms with E-state index in [2.05, 4.69) is 10.1 Å². The predicted molar refractivity (Wildman–Crippen MR) is 78.5 cm³/mol. The van der Waals surface area contributed by atoms with Gasteiger partial charge < -0.3 is 15.2 Å². The molecule has 116 valence electrons. The fourth-order valence-electron chi connectivity index (χ4n) is 1.84. The first-order chi connectivity index (χ1) is 9.86. The molecule has 0 fully saturated rings. The van der Waals surface area contributed by atoms with Gasteiger partial charge in [0.25, 0.3) is 5.69 Å². The van der Waals surface area contributed by atoms with Crippen LogP contribution in [0.2, 0.25) is 0 Å². The van der Waals surface area contributed by atoms with Crippen molar-refractivity contribution in [3.05, 3.63) is 33.9 Å². The highest BCUT2D eigenvalue weighted by molar-refractivity contribution is 5.91. The monoisotopic (exact) mass is 296 g/mol. The predicted octanol–water partition coefficient (Wildman–Crippen LogP) is 2.34. The summed E-state index contributed by atoms with van der Waals surface area (Å²) in [7, 11) is 1.24. The molecule has 1 rings (SSSR count). The van der Waals surface area contributed by atoms with Crippen molar-refractivity contribution >= 4 is 17.3 Å². The second-order valence-electron chi connectivity index (χ2n) is 4.77. The van der Waals surface area contributed by atoms with Crippen LogP contribution in [0.1, 0.15) is 37.0 Å². The van der Waals surface area contributed by atoms with Crippen molar-refractivity contribution in [3.63, 3.8) is 0 Å². The van der Waals surface area contributed by atoms with Crippen molar-refractivity contribution in [1.29, 1.82) is 0 Å². The Labute approximate surface area is 123 Å². The zero-order valence-electron chi connectivity index (χ0n) is 12.4. The highest BCUT2D eigenvalue weighted by Gasteiger charge is 2.24. The summed E-state index contributed by atoms with van der Waals surface area (Å²) in [6.45, 7) is 3.83. The van der Waals surface area contributed by atoms with Crippen molar-refractivity contribution < 1.29 is 19.6 Å². The number of rotatable bonds is 7. The van der Waals surface area contributed by atoms with E-state index in [-0.39, 0.29) is 23.5 Å². The maximum Gasteiger partial charge on any atom is 0.337 e. The normalized spacial score (nSPS) is 11.0. The minimum absolute atomic E-state index is 0.155. The first-order valence-electron chi connectivity index (χ1n) is 6.70. The van der Waals surface area contributed by atoms with Gasteiger partial charge in [0.1, 0.15) is 5.69 Å². The number of nitrogens with zero attached hydrogens (tertiary/aromatic N) is 1. The number of aliphatic hydroxyl groups is 1. The number of esters is 1. The number of ether oxygens (including phenoxy) is 1. The van der Waals surface area contributed by atoms with Gasteiger partial charge in [0, 0.05) is 12.6 Å². The van der Waals surface area contributed by atoms with Gasteiger partial charge in [-0.15, -0.1) is 0 Å². The van der Waals surface area contributed by atoms with Gasteiger partial charge in [0.15, 0.2) is 0 Å². The van der Waals surface area contributed by atoms with Gasteiger partial charge in [-0.05, 0) is 25.0 Å². The molecule has 0 saturated heterocycles. The molecule has 0 aliphatic carbocycles. The first kappa shape index (κ1) is 16.9. The minimum Gasteiger partial charge on any atom is -0.465 e. The van der Waals surface area contributed by atoms with Crippen LogP contribution in [0.5, 0.6) is 0 Å². The van der Waals surface area contributed by atoms with Gasteiger partial charge in [-0.2, -0.15) is 0 Å². The molecule has 0 aliphatic heterocycles. The van der Waals surface area contributed by atoms with Gasteiger partial charge >= 0.3 is 5.97 Å². The third-order valence-electron chi connectivity index (χ3n) is 3.54. The van der Waals surface area contributed by atoms with Crippen molar-refractivity contribution in [2.75, 3.05) is 19.0 Å². The second-order valence-corrected chi connectivity index (χ2v) is 4.77. The number of nitro benzene ring substituents is 1. The van der Waals surface area contributed by atoms with Crippen LogP contribution in [-0.2, 0) is 4.74 Å². The molecular formula is C14H20N2O5. The maximum atomic E-state index is 11.5. The second kappa shape index (κ2) is 7.03. The van der Waals surface area contributed by atoms with Crippen molar-refractivity contribution in [1.82, 2.24) is 0 Å². The average molecular weight is 296 g/mol. The number of nitro groups is 1. The van der Waals surface area contributed by atoms with Crippen LogP contribution in [0.4, 0.5) is 11.4 Å². The summed E-state index contributed by atoms with van der Waals surface area (Å²) in [5.41, 5.74) is -0.711. The van der Waals surface area contributed by atoms with Crippen LogP contribution >= 0.6 is 0 Å². The Morgan fingerprint density at radius 3 is 2.52 bits per heavy atom. The molecule has 1 aromatic carbocycles. The molecule has 0 saturated carbocycles. The van der Waals surface area contributed by atoms with E-state index in [1.165, 1.54) is 25.3 Å². The van der Waals surface area contributed by atoms with Crippen LogP contribution in [0.3, 0.4) is 0 Å². The first-order valence-corrected chi connectivity index (χ1v) is 6.70. The number of hydrogen-bond acceptors (Lipinski definition) is 6. The quantitative estimate of drug-likeness (QED) is 0.455. The summed E-state index contributed by atoms with van der Waals surface area (Å²) in [5, 5.41) is 24.1. The van der Waals surface area contributed by atoms with E-state index in [0.29, 0.717) is 12.8 Å². The molecule has 0 unspecified atom stereocenters. The minimum atomic E-state index is -0.949. The molecule has 0 spiro atoms. The van der Waals surface area contributed by atoms with Crippen molar-refractivity contribution in [2.45, 2.75) is 32.3 Å². The van der Waals surface area contributed by atoms with E-state index in [4.69, 9.17) is 0 Å². The molecule has 7 heteroatoms. The molecular weight excluding hydrogens is 276 g/mol. The van der Waals surface area contributed by atoms with Gasteiger partial charge in [-0.25, -0.2) is 4.79 Å². The standard InChI is InChI=1S/C14H20N2O5/c1-4-14(18,5-2)9-15-11-8-10(13(17)21-3)6-7-12(11)16(19)20/h6-8,15,18H,4-5,9H2,1-3H3. The Kier molecular flexibility index (Phi) is 5.66. The van der Waals surface area contributed by atoms with E-state index in [9.17, 15) is 20.0 Å². The van der Waals surface area contributed by atoms with Gasteiger partial charge in [0.05, 0.1) is 23.2 Å². The molecule has 0 bridgehead atoms. The fourth-order valence-corrected chi connectivity index (χ4v) is 1.84. The molecule has 0 heterocycles. The molecule has 0 atom stereocenters. The van der Waals surface area contributed by atoms with E-state index < -0.39 is 16.5 Å². The van der Waals surface area contributed by atoms with Crippen LogP contribution in [-0.4, -0.2) is 35.3 Å². The topological polar surface area (TPSA) is 102 Å². The number of nitrogens with one attached hydrogen (secondary N) is 1. The summed E-state index contributed by atoms with van der Waals surface area (Å²) >= 11 is 0. The third kappa shape index (κ3) is 4.16. The Morgan fingerprint density at radius 1 is 1.43 bits per heavy atom. The SMILES string of the molecule is CCC(O)(CC)CNc1cc(C(=O)OC)ccc1[N+](=O)[O-]. The molecule has 21 heavy (non-hydrogen) atoms. The van der Waals surface area contributed by atoms with E-state index >= 15 is 0 Å². The Bertz CT molecular complexity index is 526. The highest BCUT2D eigenvalue weighted by atomic mass is 16.6. The number of hydrogen-bond donors (Lipinski definition) is 2. The Hall–Kier alpha value is -2.15. The summed E-state index contributed by atoms with van der Waals surface area (Å²) in [4.78, 5) is 22.0. The molecule has 7 nitrogen and oxygen atoms in total. The maximum absolute atomic E-state index is 11.5. The Morgan fingerprint density at radius 2 is 2.05 bits per heavy atom. The lowest BCUT2D eigenvalue weighted by Crippen LogP contribution is -2.35. The number of benzene rings is 1. The van der Waals surface area contributed by atoms with E-state index in [1.807, 2.05) is 13.8 Å². The van der Waals surface area contributed by atoms with Gasteiger partial charge in [-0.3, -0.25) is 10.1 Å². The van der Waals surface area contributed by atoms with Crippen LogP contribution in [0.25, 0.3) is 0 Å². The molecule has 0 aromatic heterocycles. The number of anilines is 1. The zero-order chi connectivity index (χ0) is 16.0. The lowest BCUT2D eigenvalue weighted by Gasteiger charge is -2.25. The van der Waals surface area contributed by atoms with E-state index in [0.717, 1.165) is 0 Å². The van der Waals surface area contributed by atoms with Gasteiger partial charge in [-0.1, -0.05) is 13.8 Å². The molecule has 0 radical (unpaired) electrons. The molecule has 0 amide bonds. The van der Waals surface area contributed by atoms with Gasteiger partial charge in [0.2, 0.25) is 0 Å². The smallest absolute Gasteiger partial charge is 0.337 e. The summed E-state index contributed by atoms with van der Waals surface area (Å²) in [6, 6.07) is 3.93. The summed E-state index contributed by atoms with van der Waals surface area (Å²) in [6.07, 6.45) is 1.03. The largest absolute Gasteiger partial charge is 0.465 e. The fraction of sp³-hybridized carbons (Fsp3) is 0.500. The van der Waals surface area contributed by atoms with Crippen molar-refractivity contribution in [3.8, 4) is 0 Å². The molecule has 0 aliphatic rings. The highest BCUT2D eigenvalue weighted by Crippen LogP contribution is 2.27. The number of carbonyl (C=O) groups excluding carboxylic acids is 1. The zero-order valence-corrected chi connectivity index (χ0v) is 12.4. The molecule has 2 N–H and O–H groups in total. The number of methoxy groups -OCH3 is 1. The summed E-state index contributed by atoms with van der Waals surface area (Å²) in [5.74, 6) is -0.575. The summed E-state index contributed by atoms with van der Waals surface area (Å²) < 4.78 is 4.59. The van der Waals surface area contributed by atoms with Crippen LogP contribution < -0.4 is 5.32 Å². The van der Waals surface area contributed by atoms with E-state index in [1.54, 1.807) is 0 Å². The lowest BCUT2D eigenvalue weighted by molar-refractivity contribution is -0.384. The van der Waals surface area contributed by atoms with Crippen LogP contribution in [0, 0.1) is 10.1 Å².